The molecule has 0 saturated carbocycles. The zero-order valence-corrected chi connectivity index (χ0v) is 13.2. The average Bonchev–Trinajstić information content (AvgIpc) is 2.90. The van der Waals surface area contributed by atoms with Crippen LogP contribution in [-0.4, -0.2) is 19.0 Å². The number of anilines is 1. The first-order valence-electron chi connectivity index (χ1n) is 8.03. The third kappa shape index (κ3) is 2.73. The van der Waals surface area contributed by atoms with Crippen LogP contribution in [0.4, 0.5) is 5.69 Å². The Kier molecular flexibility index (Phi) is 4.18. The lowest BCUT2D eigenvalue weighted by atomic mass is 9.84. The number of hydrogen-bond donors (Lipinski definition) is 2. The number of amides is 1. The Bertz CT molecular complexity index is 612. The number of nitrogens with one attached hydrogen (secondary N) is 2. The number of carbonyl (C=O) groups excluding carboxylic acids is 1. The van der Waals surface area contributed by atoms with E-state index in [0.29, 0.717) is 11.5 Å². The van der Waals surface area contributed by atoms with Crippen LogP contribution >= 0.6 is 0 Å². The SMILES string of the molecule is CCN(CC)c1ccc(C(=O)NNC2=C3C=CC[C@@H]3C2)cc1. The summed E-state index contributed by atoms with van der Waals surface area (Å²) in [7, 11) is 0. The van der Waals surface area contributed by atoms with Gasteiger partial charge in [0.25, 0.3) is 5.91 Å². The summed E-state index contributed by atoms with van der Waals surface area (Å²) in [5.74, 6) is 0.581. The molecule has 22 heavy (non-hydrogen) atoms. The summed E-state index contributed by atoms with van der Waals surface area (Å²) < 4.78 is 0. The fourth-order valence-electron chi connectivity index (χ4n) is 3.14. The van der Waals surface area contributed by atoms with E-state index in [4.69, 9.17) is 0 Å². The lowest BCUT2D eigenvalue weighted by Gasteiger charge is -2.28. The summed E-state index contributed by atoms with van der Waals surface area (Å²) in [4.78, 5) is 14.4. The molecule has 1 atom stereocenters. The monoisotopic (exact) mass is 297 g/mol. The largest absolute Gasteiger partial charge is 0.372 e. The number of fused-ring (bicyclic) bond motifs is 1. The van der Waals surface area contributed by atoms with Gasteiger partial charge < -0.3 is 10.3 Å². The van der Waals surface area contributed by atoms with Crippen LogP contribution < -0.4 is 15.8 Å². The van der Waals surface area contributed by atoms with Crippen molar-refractivity contribution in [3.8, 4) is 0 Å². The number of nitrogens with zero attached hydrogens (tertiary/aromatic N) is 1. The molecule has 2 N–H and O–H groups in total. The first kappa shape index (κ1) is 14.7. The van der Waals surface area contributed by atoms with Gasteiger partial charge in [0.05, 0.1) is 0 Å². The normalized spacial score (nSPS) is 18.7. The smallest absolute Gasteiger partial charge is 0.269 e. The number of carbonyl (C=O) groups is 1. The van der Waals surface area contributed by atoms with Gasteiger partial charge in [-0.15, -0.1) is 0 Å². The molecule has 3 rings (SSSR count). The highest BCUT2D eigenvalue weighted by molar-refractivity contribution is 5.94. The van der Waals surface area contributed by atoms with Gasteiger partial charge in [0.1, 0.15) is 0 Å². The van der Waals surface area contributed by atoms with E-state index >= 15 is 0 Å². The Morgan fingerprint density at radius 1 is 1.23 bits per heavy atom. The number of rotatable bonds is 6. The molecule has 4 nitrogen and oxygen atoms in total. The van der Waals surface area contributed by atoms with Crippen molar-refractivity contribution in [3.05, 3.63) is 53.3 Å². The first-order valence-corrected chi connectivity index (χ1v) is 8.03. The number of hydrazine groups is 1. The van der Waals surface area contributed by atoms with Crippen molar-refractivity contribution in [3.63, 3.8) is 0 Å². The van der Waals surface area contributed by atoms with E-state index in [9.17, 15) is 4.79 Å². The molecular weight excluding hydrogens is 274 g/mol. The maximum atomic E-state index is 12.2. The molecule has 1 amide bonds. The molecule has 0 saturated heterocycles. The topological polar surface area (TPSA) is 44.4 Å². The van der Waals surface area contributed by atoms with Gasteiger partial charge in [0.15, 0.2) is 0 Å². The van der Waals surface area contributed by atoms with Gasteiger partial charge in [0, 0.05) is 30.0 Å². The van der Waals surface area contributed by atoms with Crippen LogP contribution in [0, 0.1) is 5.92 Å². The van der Waals surface area contributed by atoms with Gasteiger partial charge in [-0.25, -0.2) is 0 Å². The number of allylic oxidation sites excluding steroid dienone is 4. The minimum Gasteiger partial charge on any atom is -0.372 e. The molecule has 0 spiro atoms. The summed E-state index contributed by atoms with van der Waals surface area (Å²) in [5, 5.41) is 0. The van der Waals surface area contributed by atoms with Crippen molar-refractivity contribution in [2.45, 2.75) is 26.7 Å². The van der Waals surface area contributed by atoms with E-state index in [1.165, 1.54) is 5.57 Å². The summed E-state index contributed by atoms with van der Waals surface area (Å²) in [6.07, 6.45) is 6.52. The standard InChI is InChI=1S/C18H23N3O/c1-3-21(4-2)15-10-8-13(9-11-15)18(22)20-19-17-12-14-6-5-7-16(14)17/h5,7-11,14,19H,3-4,6,12H2,1-2H3,(H,20,22)/t14-/m1/s1. The number of benzene rings is 1. The van der Waals surface area contributed by atoms with Gasteiger partial charge in [-0.05, 0) is 62.4 Å². The molecule has 0 bridgehead atoms. The molecule has 0 heterocycles. The highest BCUT2D eigenvalue weighted by Crippen LogP contribution is 2.40. The van der Waals surface area contributed by atoms with Crippen LogP contribution in [0.15, 0.2) is 47.7 Å². The fraction of sp³-hybridized carbons (Fsp3) is 0.389. The molecular formula is C18H23N3O. The Hall–Kier alpha value is -2.23. The molecule has 2 aliphatic carbocycles. The zero-order valence-electron chi connectivity index (χ0n) is 13.2. The lowest BCUT2D eigenvalue weighted by molar-refractivity contribution is 0.0936. The van der Waals surface area contributed by atoms with Crippen LogP contribution in [0.3, 0.4) is 0 Å². The molecule has 116 valence electrons. The van der Waals surface area contributed by atoms with Gasteiger partial charge in [-0.1, -0.05) is 12.2 Å². The molecule has 1 aromatic rings. The molecule has 4 heteroatoms. The van der Waals surface area contributed by atoms with E-state index in [2.05, 4.69) is 41.8 Å². The molecule has 0 fully saturated rings. The maximum absolute atomic E-state index is 12.2. The van der Waals surface area contributed by atoms with E-state index in [1.54, 1.807) is 0 Å². The van der Waals surface area contributed by atoms with Crippen molar-refractivity contribution < 1.29 is 4.79 Å². The minimum absolute atomic E-state index is 0.0929. The highest BCUT2D eigenvalue weighted by atomic mass is 16.2. The average molecular weight is 297 g/mol. The van der Waals surface area contributed by atoms with E-state index < -0.39 is 0 Å². The Morgan fingerprint density at radius 3 is 2.59 bits per heavy atom. The second kappa shape index (κ2) is 6.26. The molecule has 0 unspecified atom stereocenters. The summed E-state index contributed by atoms with van der Waals surface area (Å²) in [6.45, 7) is 6.20. The Morgan fingerprint density at radius 2 is 1.95 bits per heavy atom. The van der Waals surface area contributed by atoms with Crippen molar-refractivity contribution in [2.24, 2.45) is 5.92 Å². The maximum Gasteiger partial charge on any atom is 0.269 e. The van der Waals surface area contributed by atoms with Crippen LogP contribution in [-0.2, 0) is 0 Å². The van der Waals surface area contributed by atoms with E-state index in [1.807, 2.05) is 24.3 Å². The third-order valence-electron chi connectivity index (χ3n) is 4.54. The molecule has 2 aliphatic rings. The fourth-order valence-corrected chi connectivity index (χ4v) is 3.14. The van der Waals surface area contributed by atoms with Crippen LogP contribution in [0.1, 0.15) is 37.0 Å². The summed E-state index contributed by atoms with van der Waals surface area (Å²) in [5.41, 5.74) is 10.2. The first-order chi connectivity index (χ1) is 10.7. The summed E-state index contributed by atoms with van der Waals surface area (Å²) in [6, 6.07) is 7.76. The van der Waals surface area contributed by atoms with Gasteiger partial charge >= 0.3 is 0 Å². The third-order valence-corrected chi connectivity index (χ3v) is 4.54. The summed E-state index contributed by atoms with van der Waals surface area (Å²) >= 11 is 0. The predicted octanol–water partition coefficient (Wildman–Crippen LogP) is 3.00. The quantitative estimate of drug-likeness (QED) is 0.793. The zero-order chi connectivity index (χ0) is 15.5. The van der Waals surface area contributed by atoms with Crippen LogP contribution in [0.25, 0.3) is 0 Å². The Labute approximate surface area is 131 Å². The molecule has 0 aliphatic heterocycles. The van der Waals surface area contributed by atoms with Gasteiger partial charge in [-0.2, -0.15) is 0 Å². The molecule has 1 aromatic carbocycles. The minimum atomic E-state index is -0.0929. The lowest BCUT2D eigenvalue weighted by Crippen LogP contribution is -2.40. The van der Waals surface area contributed by atoms with Crippen molar-refractivity contribution in [2.75, 3.05) is 18.0 Å². The highest BCUT2D eigenvalue weighted by Gasteiger charge is 2.30. The van der Waals surface area contributed by atoms with Gasteiger partial charge in [-0.3, -0.25) is 10.2 Å². The van der Waals surface area contributed by atoms with Crippen LogP contribution in [0.2, 0.25) is 0 Å². The van der Waals surface area contributed by atoms with E-state index in [0.717, 1.165) is 37.3 Å². The molecule has 0 aromatic heterocycles. The van der Waals surface area contributed by atoms with Crippen LogP contribution in [0.5, 0.6) is 0 Å². The Balaban J connectivity index is 1.58. The van der Waals surface area contributed by atoms with E-state index in [-0.39, 0.29) is 5.91 Å². The molecule has 0 radical (unpaired) electrons. The predicted molar refractivity (Wildman–Crippen MR) is 89.5 cm³/mol. The van der Waals surface area contributed by atoms with Crippen molar-refractivity contribution in [1.82, 2.24) is 10.9 Å². The van der Waals surface area contributed by atoms with Gasteiger partial charge in [0.2, 0.25) is 0 Å². The second-order valence-corrected chi connectivity index (χ2v) is 5.77. The van der Waals surface area contributed by atoms with Crippen molar-refractivity contribution in [1.29, 1.82) is 0 Å². The van der Waals surface area contributed by atoms with Crippen molar-refractivity contribution >= 4 is 11.6 Å². The number of hydrogen-bond acceptors (Lipinski definition) is 3. The second-order valence-electron chi connectivity index (χ2n) is 5.77.